The number of nitrogens with zero attached hydrogens (tertiary/aromatic N) is 2. The van der Waals surface area contributed by atoms with Crippen molar-refractivity contribution in [1.82, 2.24) is 20.5 Å². The predicted molar refractivity (Wildman–Crippen MR) is 164 cm³/mol. The molecule has 0 fully saturated rings. The lowest BCUT2D eigenvalue weighted by atomic mass is 9.94. The molecule has 1 unspecified atom stereocenters. The Balaban J connectivity index is 1.74. The van der Waals surface area contributed by atoms with Crippen molar-refractivity contribution in [3.8, 4) is 0 Å². The molecule has 6 N–H and O–H groups in total. The van der Waals surface area contributed by atoms with Crippen LogP contribution in [0.4, 0.5) is 4.79 Å². The van der Waals surface area contributed by atoms with E-state index in [4.69, 9.17) is 0 Å². The smallest absolute Gasteiger partial charge is 0.408 e. The summed E-state index contributed by atoms with van der Waals surface area (Å²) in [4.78, 5) is 30.9. The van der Waals surface area contributed by atoms with Crippen LogP contribution in [0.1, 0.15) is 44.5 Å². The number of amides is 2. The van der Waals surface area contributed by atoms with Gasteiger partial charge in [0, 0.05) is 24.8 Å². The largest absolute Gasteiger partial charge is 0.465 e. The summed E-state index contributed by atoms with van der Waals surface area (Å²) in [5.41, 5.74) is -0.783. The summed E-state index contributed by atoms with van der Waals surface area (Å²) >= 11 is 0. The van der Waals surface area contributed by atoms with E-state index in [0.29, 0.717) is 6.42 Å². The summed E-state index contributed by atoms with van der Waals surface area (Å²) in [6.07, 6.45) is -1.29. The number of carboxylic acid groups (broad SMARTS) is 1. The first-order valence-electron chi connectivity index (χ1n) is 14.4. The zero-order valence-electron chi connectivity index (χ0n) is 25.2. The van der Waals surface area contributed by atoms with Gasteiger partial charge in [-0.2, -0.15) is 0 Å². The lowest BCUT2D eigenvalue weighted by Crippen LogP contribution is -2.58. The van der Waals surface area contributed by atoms with Crippen LogP contribution < -0.4 is 10.6 Å². The van der Waals surface area contributed by atoms with Crippen LogP contribution in [0.15, 0.2) is 85.1 Å². The Morgan fingerprint density at radius 3 is 1.86 bits per heavy atom. The van der Waals surface area contributed by atoms with Crippen LogP contribution in [0.25, 0.3) is 0 Å². The third-order valence-electron chi connectivity index (χ3n) is 7.38. The number of carbonyl (C=O) groups excluding carboxylic acids is 1. The van der Waals surface area contributed by atoms with Gasteiger partial charge in [-0.15, -0.1) is 0 Å². The molecule has 3 aromatic rings. The summed E-state index contributed by atoms with van der Waals surface area (Å²) in [7, 11) is 0. The van der Waals surface area contributed by atoms with E-state index in [1.807, 2.05) is 60.7 Å². The molecule has 1 aromatic heterocycles. The van der Waals surface area contributed by atoms with Gasteiger partial charge in [-0.05, 0) is 63.8 Å². The minimum Gasteiger partial charge on any atom is -0.465 e. The monoisotopic (exact) mass is 592 g/mol. The molecule has 0 radical (unpaired) electrons. The summed E-state index contributed by atoms with van der Waals surface area (Å²) in [5.74, 6) is -0.712. The molecule has 3 rings (SSSR count). The predicted octanol–water partition coefficient (Wildman–Crippen LogP) is 2.72. The summed E-state index contributed by atoms with van der Waals surface area (Å²) in [6, 6.07) is 22.0. The zero-order chi connectivity index (χ0) is 31.6. The van der Waals surface area contributed by atoms with Gasteiger partial charge in [-0.3, -0.25) is 14.7 Å². The first-order valence-corrected chi connectivity index (χ1v) is 14.4. The number of benzene rings is 2. The summed E-state index contributed by atoms with van der Waals surface area (Å²) in [6.45, 7) is 6.66. The second kappa shape index (κ2) is 15.1. The maximum atomic E-state index is 13.2. The van der Waals surface area contributed by atoms with E-state index in [1.54, 1.807) is 39.0 Å². The van der Waals surface area contributed by atoms with Crippen molar-refractivity contribution in [2.45, 2.75) is 76.0 Å². The molecular formula is C33H44N4O6. The van der Waals surface area contributed by atoms with Crippen LogP contribution in [0, 0.1) is 0 Å². The number of aliphatic hydroxyl groups excluding tert-OH is 2. The number of carbonyl (C=O) groups is 2. The summed E-state index contributed by atoms with van der Waals surface area (Å²) in [5, 5.41) is 49.4. The zero-order valence-corrected chi connectivity index (χ0v) is 25.2. The highest BCUT2D eigenvalue weighted by Crippen LogP contribution is 2.23. The quantitative estimate of drug-likeness (QED) is 0.167. The third-order valence-corrected chi connectivity index (χ3v) is 7.38. The number of pyridine rings is 1. The van der Waals surface area contributed by atoms with Gasteiger partial charge in [0.05, 0.1) is 30.0 Å². The Labute approximate surface area is 253 Å². The highest BCUT2D eigenvalue weighted by atomic mass is 16.4. The number of hydrogen-bond acceptors (Lipinski definition) is 7. The highest BCUT2D eigenvalue weighted by molar-refractivity contribution is 5.85. The first-order chi connectivity index (χ1) is 20.3. The minimum absolute atomic E-state index is 0.00786. The maximum absolute atomic E-state index is 13.2. The summed E-state index contributed by atoms with van der Waals surface area (Å²) < 4.78 is 0. The fourth-order valence-electron chi connectivity index (χ4n) is 5.07. The van der Waals surface area contributed by atoms with E-state index in [9.17, 15) is 30.0 Å². The van der Waals surface area contributed by atoms with Crippen molar-refractivity contribution in [2.24, 2.45) is 0 Å². The van der Waals surface area contributed by atoms with E-state index in [0.717, 1.165) is 11.1 Å². The molecule has 0 aliphatic heterocycles. The molecule has 0 aliphatic carbocycles. The topological polar surface area (TPSA) is 155 Å². The van der Waals surface area contributed by atoms with Crippen molar-refractivity contribution in [1.29, 1.82) is 0 Å². The molecule has 10 heteroatoms. The van der Waals surface area contributed by atoms with E-state index in [-0.39, 0.29) is 25.2 Å². The molecule has 5 atom stereocenters. The van der Waals surface area contributed by atoms with E-state index >= 15 is 0 Å². The van der Waals surface area contributed by atoms with Gasteiger partial charge in [0.25, 0.3) is 5.91 Å². The van der Waals surface area contributed by atoms with Crippen LogP contribution in [0.3, 0.4) is 0 Å². The molecule has 0 bridgehead atoms. The van der Waals surface area contributed by atoms with E-state index in [2.05, 4.69) is 15.6 Å². The van der Waals surface area contributed by atoms with Gasteiger partial charge < -0.3 is 31.1 Å². The Morgan fingerprint density at radius 1 is 0.814 bits per heavy atom. The van der Waals surface area contributed by atoms with Gasteiger partial charge in [0.2, 0.25) is 0 Å². The molecule has 43 heavy (non-hydrogen) atoms. The molecule has 232 valence electrons. The first kappa shape index (κ1) is 33.7. The average molecular weight is 593 g/mol. The third kappa shape index (κ3) is 9.59. The van der Waals surface area contributed by atoms with Crippen molar-refractivity contribution in [2.75, 3.05) is 13.1 Å². The number of aliphatic hydroxyl groups is 3. The number of rotatable bonds is 14. The van der Waals surface area contributed by atoms with Gasteiger partial charge in [0.1, 0.15) is 0 Å². The van der Waals surface area contributed by atoms with Crippen LogP contribution in [0.5, 0.6) is 0 Å². The van der Waals surface area contributed by atoms with Gasteiger partial charge in [-0.1, -0.05) is 66.7 Å². The molecule has 0 aliphatic rings. The normalized spacial score (nSPS) is 15.9. The van der Waals surface area contributed by atoms with Crippen molar-refractivity contribution in [3.63, 3.8) is 0 Å². The standard InChI is InChI=1S/C33H44N4O6/c1-32(2,3)37(31(41)42)26(20-24-15-9-6-10-16-24)28(39)22-34-21-27(38)25(19-23-13-7-5-8-14-23)36-30(40)33(4,43)29-17-11-12-18-35-29/h5-18,25-28,34,38-39,43H,19-22H2,1-4H3,(H,36,40)(H,41,42)/t25-,26-,27+,28+,33?/m0/s1. The number of nitrogens with one attached hydrogen (secondary N) is 2. The van der Waals surface area contributed by atoms with Crippen LogP contribution in [0.2, 0.25) is 0 Å². The second-order valence-electron chi connectivity index (χ2n) is 11.9. The van der Waals surface area contributed by atoms with Crippen molar-refractivity contribution >= 4 is 12.0 Å². The van der Waals surface area contributed by atoms with Gasteiger partial charge >= 0.3 is 6.09 Å². The van der Waals surface area contributed by atoms with Gasteiger partial charge in [0.15, 0.2) is 5.60 Å². The molecular weight excluding hydrogens is 548 g/mol. The molecule has 0 saturated carbocycles. The molecule has 0 saturated heterocycles. The Morgan fingerprint density at radius 2 is 1.35 bits per heavy atom. The minimum atomic E-state index is -1.93. The molecule has 2 amide bonds. The fraction of sp³-hybridized carbons (Fsp3) is 0.424. The highest BCUT2D eigenvalue weighted by Gasteiger charge is 2.38. The Hall–Kier alpha value is -3.83. The Bertz CT molecular complexity index is 1290. The van der Waals surface area contributed by atoms with Crippen molar-refractivity contribution < 1.29 is 30.0 Å². The van der Waals surface area contributed by atoms with E-state index in [1.165, 1.54) is 18.0 Å². The van der Waals surface area contributed by atoms with Crippen molar-refractivity contribution in [3.05, 3.63) is 102 Å². The SMILES string of the molecule is CC(O)(C(=O)N[C@@H](Cc1ccccc1)[C@H](O)CNC[C@@H](O)[C@H](Cc1ccccc1)N(C(=O)O)C(C)(C)C)c1ccccn1. The van der Waals surface area contributed by atoms with Crippen LogP contribution >= 0.6 is 0 Å². The van der Waals surface area contributed by atoms with Crippen LogP contribution in [-0.4, -0.2) is 85.2 Å². The average Bonchev–Trinajstić information content (AvgIpc) is 2.97. The molecule has 1 heterocycles. The number of aromatic nitrogens is 1. The second-order valence-corrected chi connectivity index (χ2v) is 11.9. The molecule has 10 nitrogen and oxygen atoms in total. The molecule has 2 aromatic carbocycles. The van der Waals surface area contributed by atoms with Gasteiger partial charge in [-0.25, -0.2) is 4.79 Å². The van der Waals surface area contributed by atoms with E-state index < -0.39 is 47.4 Å². The molecule has 0 spiro atoms. The maximum Gasteiger partial charge on any atom is 0.408 e. The Kier molecular flexibility index (Phi) is 11.8. The lowest BCUT2D eigenvalue weighted by molar-refractivity contribution is -0.141. The fourth-order valence-corrected chi connectivity index (χ4v) is 5.07. The number of hydrogen-bond donors (Lipinski definition) is 6. The lowest BCUT2D eigenvalue weighted by Gasteiger charge is -2.42. The van der Waals surface area contributed by atoms with Crippen LogP contribution in [-0.2, 0) is 23.2 Å².